The van der Waals surface area contributed by atoms with Gasteiger partial charge in [-0.2, -0.15) is 8.42 Å². The molecular formula is C10H9FN2O3S2. The van der Waals surface area contributed by atoms with E-state index in [0.717, 1.165) is 17.6 Å². The molecule has 0 saturated carbocycles. The van der Waals surface area contributed by atoms with Gasteiger partial charge in [0, 0.05) is 5.56 Å². The van der Waals surface area contributed by atoms with E-state index in [1.165, 1.54) is 12.1 Å². The van der Waals surface area contributed by atoms with Crippen molar-refractivity contribution in [2.24, 2.45) is 0 Å². The molecule has 8 heteroatoms. The first-order chi connectivity index (χ1) is 8.44. The van der Waals surface area contributed by atoms with Crippen LogP contribution in [0.5, 0.6) is 0 Å². The summed E-state index contributed by atoms with van der Waals surface area (Å²) in [6.45, 7) is -0.161. The van der Waals surface area contributed by atoms with Gasteiger partial charge in [-0.1, -0.05) is 23.5 Å². The molecule has 0 amide bonds. The molecule has 2 aromatic rings. The molecule has 0 aliphatic carbocycles. The van der Waals surface area contributed by atoms with Crippen molar-refractivity contribution >= 4 is 21.5 Å². The maximum Gasteiger partial charge on any atom is 0.264 e. The average molecular weight is 288 g/mol. The zero-order chi connectivity index (χ0) is 13.2. The largest absolute Gasteiger partial charge is 0.264 e. The van der Waals surface area contributed by atoms with E-state index < -0.39 is 10.1 Å². The number of halogens is 1. The lowest BCUT2D eigenvalue weighted by atomic mass is 10.2. The Kier molecular flexibility index (Phi) is 3.69. The first-order valence-corrected chi connectivity index (χ1v) is 7.50. The van der Waals surface area contributed by atoms with Crippen LogP contribution < -0.4 is 0 Å². The lowest BCUT2D eigenvalue weighted by molar-refractivity contribution is 0.310. The van der Waals surface area contributed by atoms with Crippen LogP contribution in [0, 0.1) is 5.82 Å². The van der Waals surface area contributed by atoms with Crippen LogP contribution in [-0.2, 0) is 20.9 Å². The molecule has 0 aliphatic rings. The van der Waals surface area contributed by atoms with E-state index in [1.807, 2.05) is 0 Å². The summed E-state index contributed by atoms with van der Waals surface area (Å²) in [6, 6.07) is 5.93. The van der Waals surface area contributed by atoms with Gasteiger partial charge in [-0.05, 0) is 12.1 Å². The number of aromatic nitrogens is 2. The van der Waals surface area contributed by atoms with E-state index in [-0.39, 0.29) is 12.4 Å². The van der Waals surface area contributed by atoms with Gasteiger partial charge in [-0.15, -0.1) is 10.2 Å². The minimum atomic E-state index is -3.51. The van der Waals surface area contributed by atoms with Gasteiger partial charge in [0.25, 0.3) is 10.1 Å². The zero-order valence-electron chi connectivity index (χ0n) is 9.33. The molecule has 0 fully saturated rings. The molecule has 0 unspecified atom stereocenters. The van der Waals surface area contributed by atoms with Gasteiger partial charge >= 0.3 is 0 Å². The lowest BCUT2D eigenvalue weighted by Gasteiger charge is -1.95. The Morgan fingerprint density at radius 3 is 2.83 bits per heavy atom. The normalized spacial score (nSPS) is 11.7. The molecule has 1 heterocycles. The Morgan fingerprint density at radius 2 is 2.17 bits per heavy atom. The minimum absolute atomic E-state index is 0.161. The van der Waals surface area contributed by atoms with Crippen LogP contribution >= 0.6 is 11.3 Å². The summed E-state index contributed by atoms with van der Waals surface area (Å²) < 4.78 is 39.2. The van der Waals surface area contributed by atoms with Crippen molar-refractivity contribution in [2.45, 2.75) is 6.61 Å². The highest BCUT2D eigenvalue weighted by molar-refractivity contribution is 7.85. The molecule has 0 aliphatic heterocycles. The predicted octanol–water partition coefficient (Wildman–Crippen LogP) is 1.82. The molecular weight excluding hydrogens is 279 g/mol. The van der Waals surface area contributed by atoms with Crippen LogP contribution in [0.4, 0.5) is 4.39 Å². The van der Waals surface area contributed by atoms with E-state index in [4.69, 9.17) is 0 Å². The molecule has 0 radical (unpaired) electrons. The summed E-state index contributed by atoms with van der Waals surface area (Å²) in [7, 11) is -3.51. The van der Waals surface area contributed by atoms with Crippen molar-refractivity contribution in [3.63, 3.8) is 0 Å². The van der Waals surface area contributed by atoms with Gasteiger partial charge in [0.2, 0.25) is 0 Å². The lowest BCUT2D eigenvalue weighted by Crippen LogP contribution is -2.02. The van der Waals surface area contributed by atoms with Crippen molar-refractivity contribution in [3.8, 4) is 10.6 Å². The molecule has 0 saturated heterocycles. The number of rotatable bonds is 4. The number of hydrogen-bond acceptors (Lipinski definition) is 6. The summed E-state index contributed by atoms with van der Waals surface area (Å²) in [6.07, 6.45) is 0.960. The minimum Gasteiger partial charge on any atom is -0.263 e. The Balaban J connectivity index is 2.16. The van der Waals surface area contributed by atoms with E-state index in [0.29, 0.717) is 15.6 Å². The smallest absolute Gasteiger partial charge is 0.263 e. The van der Waals surface area contributed by atoms with Gasteiger partial charge in [0.05, 0.1) is 6.26 Å². The summed E-state index contributed by atoms with van der Waals surface area (Å²) >= 11 is 1.16. The topological polar surface area (TPSA) is 69.2 Å². The fraction of sp³-hybridized carbons (Fsp3) is 0.200. The van der Waals surface area contributed by atoms with Crippen LogP contribution in [0.3, 0.4) is 0 Å². The SMILES string of the molecule is CS(=O)(=O)OCc1nnc(-c2cccc(F)c2)s1. The molecule has 96 valence electrons. The van der Waals surface area contributed by atoms with Gasteiger partial charge in [-0.25, -0.2) is 4.39 Å². The van der Waals surface area contributed by atoms with Crippen molar-refractivity contribution in [3.05, 3.63) is 35.1 Å². The standard InChI is InChI=1S/C10H9FN2O3S2/c1-18(14,15)16-6-9-12-13-10(17-9)7-3-2-4-8(11)5-7/h2-5H,6H2,1H3. The van der Waals surface area contributed by atoms with Crippen molar-refractivity contribution in [1.29, 1.82) is 0 Å². The maximum absolute atomic E-state index is 13.0. The van der Waals surface area contributed by atoms with Crippen molar-refractivity contribution < 1.29 is 17.0 Å². The summed E-state index contributed by atoms with van der Waals surface area (Å²) in [5.74, 6) is -0.364. The fourth-order valence-electron chi connectivity index (χ4n) is 1.21. The molecule has 18 heavy (non-hydrogen) atoms. The third kappa shape index (κ3) is 3.56. The van der Waals surface area contributed by atoms with Crippen molar-refractivity contribution in [1.82, 2.24) is 10.2 Å². The highest BCUT2D eigenvalue weighted by Gasteiger charge is 2.10. The zero-order valence-corrected chi connectivity index (χ0v) is 11.0. The number of hydrogen-bond donors (Lipinski definition) is 0. The number of nitrogens with zero attached hydrogens (tertiary/aromatic N) is 2. The van der Waals surface area contributed by atoms with E-state index in [2.05, 4.69) is 14.4 Å². The predicted molar refractivity (Wildman–Crippen MR) is 64.9 cm³/mol. The third-order valence-corrected chi connectivity index (χ3v) is 3.43. The molecule has 1 aromatic carbocycles. The molecule has 0 bridgehead atoms. The van der Waals surface area contributed by atoms with Gasteiger partial charge in [0.15, 0.2) is 0 Å². The highest BCUT2D eigenvalue weighted by atomic mass is 32.2. The maximum atomic E-state index is 13.0. The Labute approximate surface area is 107 Å². The summed E-state index contributed by atoms with van der Waals surface area (Å²) in [5, 5.41) is 8.57. The highest BCUT2D eigenvalue weighted by Crippen LogP contribution is 2.24. The third-order valence-electron chi connectivity index (χ3n) is 1.93. The second-order valence-corrected chi connectivity index (χ2v) is 6.18. The molecule has 0 N–H and O–H groups in total. The first kappa shape index (κ1) is 13.1. The van der Waals surface area contributed by atoms with Crippen molar-refractivity contribution in [2.75, 3.05) is 6.26 Å². The molecule has 0 atom stereocenters. The molecule has 2 rings (SSSR count). The molecule has 5 nitrogen and oxygen atoms in total. The Hall–Kier alpha value is -1.38. The van der Waals surface area contributed by atoms with Gasteiger partial charge < -0.3 is 0 Å². The second-order valence-electron chi connectivity index (χ2n) is 3.48. The Morgan fingerprint density at radius 1 is 1.39 bits per heavy atom. The summed E-state index contributed by atoms with van der Waals surface area (Å²) in [5.41, 5.74) is 0.595. The van der Waals surface area contributed by atoms with Gasteiger partial charge in [-0.3, -0.25) is 4.18 Å². The van der Waals surface area contributed by atoms with Crippen LogP contribution in [0.15, 0.2) is 24.3 Å². The van der Waals surface area contributed by atoms with E-state index >= 15 is 0 Å². The van der Waals surface area contributed by atoms with Crippen LogP contribution in [-0.4, -0.2) is 24.9 Å². The summed E-state index contributed by atoms with van der Waals surface area (Å²) in [4.78, 5) is 0. The van der Waals surface area contributed by atoms with Gasteiger partial charge in [0.1, 0.15) is 22.4 Å². The second kappa shape index (κ2) is 5.09. The number of benzene rings is 1. The molecule has 1 aromatic heterocycles. The fourth-order valence-corrected chi connectivity index (χ4v) is 2.36. The van der Waals surface area contributed by atoms with E-state index in [1.54, 1.807) is 12.1 Å². The Bertz CT molecular complexity index is 655. The van der Waals surface area contributed by atoms with Crippen LogP contribution in [0.1, 0.15) is 5.01 Å². The van der Waals surface area contributed by atoms with E-state index in [9.17, 15) is 12.8 Å². The van der Waals surface area contributed by atoms with Crippen LogP contribution in [0.25, 0.3) is 10.6 Å². The monoisotopic (exact) mass is 288 g/mol. The quantitative estimate of drug-likeness (QED) is 0.803. The average Bonchev–Trinajstić information content (AvgIpc) is 2.74. The van der Waals surface area contributed by atoms with Crippen LogP contribution in [0.2, 0.25) is 0 Å². The first-order valence-electron chi connectivity index (χ1n) is 4.87. The molecule has 0 spiro atoms.